The lowest BCUT2D eigenvalue weighted by Crippen LogP contribution is -2.43. The average molecular weight is 307 g/mol. The van der Waals surface area contributed by atoms with Crippen LogP contribution in [-0.4, -0.2) is 46.2 Å². The quantitative estimate of drug-likeness (QED) is 0.875. The summed E-state index contributed by atoms with van der Waals surface area (Å²) in [5.74, 6) is -0.456. The smallest absolute Gasteiger partial charge is 0.311 e. The molecule has 2 N–H and O–H groups in total. The van der Waals surface area contributed by atoms with Gasteiger partial charge in [0, 0.05) is 19.2 Å². The summed E-state index contributed by atoms with van der Waals surface area (Å²) in [5.41, 5.74) is 0.0284. The molecule has 2 fully saturated rings. The van der Waals surface area contributed by atoms with Gasteiger partial charge in [-0.15, -0.1) is 0 Å². The first-order chi connectivity index (χ1) is 10.4. The molecular weight excluding hydrogens is 286 g/mol. The Labute approximate surface area is 128 Å². The third-order valence-electron chi connectivity index (χ3n) is 5.12. The van der Waals surface area contributed by atoms with Crippen LogP contribution < -0.4 is 5.32 Å². The minimum Gasteiger partial charge on any atom is -0.481 e. The topological polar surface area (TPSA) is 95.7 Å². The molecule has 7 heteroatoms. The van der Waals surface area contributed by atoms with Crippen molar-refractivity contribution in [3.05, 3.63) is 11.8 Å². The van der Waals surface area contributed by atoms with Gasteiger partial charge in [-0.05, 0) is 32.6 Å². The summed E-state index contributed by atoms with van der Waals surface area (Å²) in [7, 11) is 0. The van der Waals surface area contributed by atoms with Crippen molar-refractivity contribution in [3.8, 4) is 0 Å². The molecule has 3 rings (SSSR count). The minimum absolute atomic E-state index is 0.146. The van der Waals surface area contributed by atoms with Gasteiger partial charge in [0.2, 0.25) is 11.8 Å². The average Bonchev–Trinajstić information content (AvgIpc) is 3.11. The molecule has 1 aliphatic carbocycles. The first-order valence-corrected chi connectivity index (χ1v) is 7.64. The molecule has 1 saturated heterocycles. The number of carbonyl (C=O) groups excluding carboxylic acids is 1. The number of amides is 1. The normalized spacial score (nSPS) is 29.3. The molecule has 1 amide bonds. The van der Waals surface area contributed by atoms with E-state index in [0.29, 0.717) is 31.1 Å². The van der Waals surface area contributed by atoms with Gasteiger partial charge in [0.1, 0.15) is 0 Å². The summed E-state index contributed by atoms with van der Waals surface area (Å²) in [6.45, 7) is 4.68. The number of fused-ring (bicyclic) bond motifs is 1. The Balaban J connectivity index is 1.67. The molecule has 0 spiro atoms. The number of nitrogens with one attached hydrogen (secondary N) is 1. The second-order valence-corrected chi connectivity index (χ2v) is 6.48. The molecule has 1 aliphatic heterocycles. The van der Waals surface area contributed by atoms with Gasteiger partial charge in [0.25, 0.3) is 0 Å². The third-order valence-corrected chi connectivity index (χ3v) is 5.12. The fourth-order valence-electron chi connectivity index (χ4n) is 3.79. The van der Waals surface area contributed by atoms with E-state index >= 15 is 0 Å². The predicted molar refractivity (Wildman–Crippen MR) is 78.3 cm³/mol. The van der Waals surface area contributed by atoms with Crippen LogP contribution in [0.4, 0.5) is 5.88 Å². The molecule has 0 radical (unpaired) electrons. The van der Waals surface area contributed by atoms with Crippen LogP contribution in [0.3, 0.4) is 0 Å². The number of hydrogen-bond acceptors (Lipinski definition) is 5. The number of nitrogens with zero attached hydrogens (tertiary/aromatic N) is 2. The number of hydrogen-bond donors (Lipinski definition) is 2. The summed E-state index contributed by atoms with van der Waals surface area (Å²) in [4.78, 5) is 26.0. The molecule has 120 valence electrons. The van der Waals surface area contributed by atoms with Gasteiger partial charge >= 0.3 is 5.97 Å². The second-order valence-electron chi connectivity index (χ2n) is 6.48. The van der Waals surface area contributed by atoms with Crippen LogP contribution in [0.2, 0.25) is 0 Å². The Bertz CT molecular complexity index is 599. The number of carbonyl (C=O) groups is 2. The van der Waals surface area contributed by atoms with E-state index in [2.05, 4.69) is 10.5 Å². The molecule has 1 unspecified atom stereocenters. The summed E-state index contributed by atoms with van der Waals surface area (Å²) < 4.78 is 4.99. The standard InChI is InChI=1S/C15H21N3O4/c1-9-6-12(22-17-9)16-13(19)10(2)18-7-11-4-3-5-15(11,8-18)14(20)21/h6,10-11H,3-5,7-8H2,1-2H3,(H,16,19)(H,20,21)/t10?,11-,15+/m0/s1. The maximum atomic E-state index is 12.3. The number of carboxylic acid groups (broad SMARTS) is 1. The van der Waals surface area contributed by atoms with E-state index in [-0.39, 0.29) is 11.8 Å². The van der Waals surface area contributed by atoms with Gasteiger partial charge in [-0.2, -0.15) is 0 Å². The van der Waals surface area contributed by atoms with Crippen LogP contribution in [0, 0.1) is 18.3 Å². The molecule has 2 heterocycles. The molecule has 7 nitrogen and oxygen atoms in total. The molecule has 0 aromatic carbocycles. The van der Waals surface area contributed by atoms with Crippen molar-refractivity contribution in [3.63, 3.8) is 0 Å². The number of aryl methyl sites for hydroxylation is 1. The zero-order valence-electron chi connectivity index (χ0n) is 12.8. The van der Waals surface area contributed by atoms with E-state index in [1.165, 1.54) is 0 Å². The molecule has 1 saturated carbocycles. The molecule has 3 atom stereocenters. The molecule has 0 bridgehead atoms. The lowest BCUT2D eigenvalue weighted by molar-refractivity contribution is -0.149. The highest BCUT2D eigenvalue weighted by atomic mass is 16.5. The maximum absolute atomic E-state index is 12.3. The summed E-state index contributed by atoms with van der Waals surface area (Å²) in [6.07, 6.45) is 2.60. The number of rotatable bonds is 4. The molecular formula is C15H21N3O4. The number of anilines is 1. The van der Waals surface area contributed by atoms with Crippen LogP contribution >= 0.6 is 0 Å². The van der Waals surface area contributed by atoms with E-state index in [1.807, 2.05) is 4.90 Å². The first-order valence-electron chi connectivity index (χ1n) is 7.64. The Morgan fingerprint density at radius 2 is 2.36 bits per heavy atom. The van der Waals surface area contributed by atoms with Gasteiger partial charge < -0.3 is 9.63 Å². The highest BCUT2D eigenvalue weighted by molar-refractivity contribution is 5.93. The van der Waals surface area contributed by atoms with Crippen molar-refractivity contribution in [1.29, 1.82) is 0 Å². The van der Waals surface area contributed by atoms with Crippen molar-refractivity contribution < 1.29 is 19.2 Å². The van der Waals surface area contributed by atoms with Crippen molar-refractivity contribution >= 4 is 17.8 Å². The van der Waals surface area contributed by atoms with Gasteiger partial charge in [0.15, 0.2) is 0 Å². The largest absolute Gasteiger partial charge is 0.481 e. The fraction of sp³-hybridized carbons (Fsp3) is 0.667. The van der Waals surface area contributed by atoms with E-state index in [1.54, 1.807) is 19.9 Å². The highest BCUT2D eigenvalue weighted by Gasteiger charge is 2.55. The Morgan fingerprint density at radius 3 is 2.95 bits per heavy atom. The monoisotopic (exact) mass is 307 g/mol. The van der Waals surface area contributed by atoms with Gasteiger partial charge in [-0.1, -0.05) is 11.6 Å². The third kappa shape index (κ3) is 2.39. The number of aliphatic carboxylic acids is 1. The summed E-state index contributed by atoms with van der Waals surface area (Å²) >= 11 is 0. The Hall–Kier alpha value is -1.89. The van der Waals surface area contributed by atoms with Gasteiger partial charge in [-0.3, -0.25) is 19.8 Å². The number of aromatic nitrogens is 1. The highest BCUT2D eigenvalue weighted by Crippen LogP contribution is 2.49. The Morgan fingerprint density at radius 1 is 1.59 bits per heavy atom. The van der Waals surface area contributed by atoms with Gasteiger partial charge in [0.05, 0.1) is 17.2 Å². The second kappa shape index (κ2) is 5.39. The molecule has 2 aliphatic rings. The van der Waals surface area contributed by atoms with Gasteiger partial charge in [-0.25, -0.2) is 0 Å². The maximum Gasteiger partial charge on any atom is 0.311 e. The number of carboxylic acids is 1. The zero-order valence-corrected chi connectivity index (χ0v) is 12.8. The van der Waals surface area contributed by atoms with Crippen molar-refractivity contribution in [2.24, 2.45) is 11.3 Å². The SMILES string of the molecule is Cc1cc(NC(=O)C(C)N2C[C@@H]3CCC[C@@]3(C(=O)O)C2)on1. The van der Waals surface area contributed by atoms with Crippen LogP contribution in [0.1, 0.15) is 31.9 Å². The Kier molecular flexibility index (Phi) is 3.68. The number of likely N-dealkylation sites (tertiary alicyclic amines) is 1. The summed E-state index contributed by atoms with van der Waals surface area (Å²) in [5, 5.41) is 16.0. The molecule has 22 heavy (non-hydrogen) atoms. The van der Waals surface area contributed by atoms with Crippen LogP contribution in [-0.2, 0) is 9.59 Å². The summed E-state index contributed by atoms with van der Waals surface area (Å²) in [6, 6.07) is 1.26. The van der Waals surface area contributed by atoms with E-state index in [9.17, 15) is 14.7 Å². The van der Waals surface area contributed by atoms with Crippen LogP contribution in [0.15, 0.2) is 10.6 Å². The van der Waals surface area contributed by atoms with Crippen molar-refractivity contribution in [2.75, 3.05) is 18.4 Å². The molecule has 1 aromatic heterocycles. The van der Waals surface area contributed by atoms with E-state index in [4.69, 9.17) is 4.52 Å². The lowest BCUT2D eigenvalue weighted by Gasteiger charge is -2.26. The minimum atomic E-state index is -0.726. The van der Waals surface area contributed by atoms with Crippen molar-refractivity contribution in [2.45, 2.75) is 39.2 Å². The predicted octanol–water partition coefficient (Wildman–Crippen LogP) is 1.50. The van der Waals surface area contributed by atoms with Crippen LogP contribution in [0.25, 0.3) is 0 Å². The fourth-order valence-corrected chi connectivity index (χ4v) is 3.79. The zero-order chi connectivity index (χ0) is 15.9. The van der Waals surface area contributed by atoms with E-state index in [0.717, 1.165) is 12.8 Å². The van der Waals surface area contributed by atoms with E-state index < -0.39 is 17.4 Å². The molecule has 1 aromatic rings. The van der Waals surface area contributed by atoms with Crippen molar-refractivity contribution in [1.82, 2.24) is 10.1 Å². The lowest BCUT2D eigenvalue weighted by atomic mass is 9.81. The first kappa shape index (κ1) is 15.0. The van der Waals surface area contributed by atoms with Crippen LogP contribution in [0.5, 0.6) is 0 Å².